The van der Waals surface area contributed by atoms with E-state index >= 15 is 0 Å². The van der Waals surface area contributed by atoms with Gasteiger partial charge in [-0.25, -0.2) is 4.39 Å². The minimum absolute atomic E-state index is 0.0285. The summed E-state index contributed by atoms with van der Waals surface area (Å²) in [5.41, 5.74) is 1.67. The number of nitrogens with zero attached hydrogens (tertiary/aromatic N) is 3. The van der Waals surface area contributed by atoms with Gasteiger partial charge in [0.05, 0.1) is 4.92 Å². The molecule has 2 aromatic rings. The zero-order valence-electron chi connectivity index (χ0n) is 16.1. The maximum absolute atomic E-state index is 13.0. The van der Waals surface area contributed by atoms with Crippen molar-refractivity contribution in [1.29, 1.82) is 0 Å². The Balaban J connectivity index is 1.56. The molecule has 0 atom stereocenters. The average Bonchev–Trinajstić information content (AvgIpc) is 2.69. The molecule has 6 nitrogen and oxygen atoms in total. The highest BCUT2D eigenvalue weighted by Gasteiger charge is 2.17. The number of benzene rings is 2. The fourth-order valence-electron chi connectivity index (χ4n) is 3.30. The smallest absolute Gasteiger partial charge is 0.311 e. The van der Waals surface area contributed by atoms with Crippen LogP contribution in [0.2, 0.25) is 0 Å². The first-order valence-electron chi connectivity index (χ1n) is 9.57. The summed E-state index contributed by atoms with van der Waals surface area (Å²) >= 11 is 0. The molecule has 1 heterocycles. The van der Waals surface area contributed by atoms with Crippen molar-refractivity contribution in [3.8, 4) is 5.75 Å². The van der Waals surface area contributed by atoms with Gasteiger partial charge in [0.2, 0.25) is 0 Å². The Hall–Kier alpha value is -2.51. The van der Waals surface area contributed by atoms with Crippen LogP contribution in [0.4, 0.5) is 10.1 Å². The maximum atomic E-state index is 13.0. The molecule has 1 fully saturated rings. The molecule has 150 valence electrons. The molecule has 1 aliphatic heterocycles. The van der Waals surface area contributed by atoms with Crippen LogP contribution in [-0.2, 0) is 13.0 Å². The molecule has 0 aliphatic carbocycles. The van der Waals surface area contributed by atoms with Gasteiger partial charge in [-0.1, -0.05) is 18.2 Å². The van der Waals surface area contributed by atoms with E-state index in [0.29, 0.717) is 0 Å². The molecule has 0 aromatic heterocycles. The van der Waals surface area contributed by atoms with Gasteiger partial charge in [0, 0.05) is 32.2 Å². The van der Waals surface area contributed by atoms with E-state index in [2.05, 4.69) is 16.8 Å². The molecule has 0 N–H and O–H groups in total. The van der Waals surface area contributed by atoms with Gasteiger partial charge in [0.1, 0.15) is 12.4 Å². The summed E-state index contributed by atoms with van der Waals surface area (Å²) in [6.45, 7) is 5.49. The summed E-state index contributed by atoms with van der Waals surface area (Å²) < 4.78 is 18.6. The van der Waals surface area contributed by atoms with Crippen LogP contribution in [0.15, 0.2) is 42.5 Å². The second-order valence-corrected chi connectivity index (χ2v) is 7.22. The fourth-order valence-corrected chi connectivity index (χ4v) is 3.30. The number of hydrogen-bond donors (Lipinski definition) is 0. The lowest BCUT2D eigenvalue weighted by atomic mass is 10.1. The average molecular weight is 387 g/mol. The van der Waals surface area contributed by atoms with Crippen molar-refractivity contribution in [1.82, 2.24) is 9.80 Å². The number of nitro benzene ring substituents is 1. The highest BCUT2D eigenvalue weighted by atomic mass is 19.1. The Bertz CT molecular complexity index is 790. The van der Waals surface area contributed by atoms with E-state index in [1.165, 1.54) is 12.1 Å². The molecule has 0 radical (unpaired) electrons. The van der Waals surface area contributed by atoms with Gasteiger partial charge in [-0.15, -0.1) is 0 Å². The van der Waals surface area contributed by atoms with Gasteiger partial charge in [0.15, 0.2) is 5.75 Å². The lowest BCUT2D eigenvalue weighted by molar-refractivity contribution is -0.386. The molecule has 0 amide bonds. The summed E-state index contributed by atoms with van der Waals surface area (Å²) in [6, 6.07) is 11.0. The van der Waals surface area contributed by atoms with Crippen molar-refractivity contribution in [2.45, 2.75) is 19.4 Å². The third-order valence-electron chi connectivity index (χ3n) is 5.06. The van der Waals surface area contributed by atoms with Gasteiger partial charge < -0.3 is 14.5 Å². The number of piperazine rings is 1. The summed E-state index contributed by atoms with van der Waals surface area (Å²) in [6.07, 6.45) is 1.77. The lowest BCUT2D eigenvalue weighted by Gasteiger charge is -2.32. The van der Waals surface area contributed by atoms with Crippen LogP contribution in [0.3, 0.4) is 0 Å². The van der Waals surface area contributed by atoms with E-state index in [-0.39, 0.29) is 23.9 Å². The third-order valence-corrected chi connectivity index (χ3v) is 5.06. The van der Waals surface area contributed by atoms with E-state index in [0.717, 1.165) is 56.7 Å². The van der Waals surface area contributed by atoms with Crippen molar-refractivity contribution in [2.75, 3.05) is 39.8 Å². The first-order chi connectivity index (χ1) is 13.5. The van der Waals surface area contributed by atoms with Crippen molar-refractivity contribution in [3.05, 3.63) is 69.5 Å². The summed E-state index contributed by atoms with van der Waals surface area (Å²) in [5, 5.41) is 11.4. The SMILES string of the molecule is CN1CCN(CCCc2ccc(OCc3ccc(F)cc3)c([N+](=O)[O-])c2)CC1. The van der Waals surface area contributed by atoms with Gasteiger partial charge >= 0.3 is 5.69 Å². The molecule has 0 spiro atoms. The number of ether oxygens (including phenoxy) is 1. The lowest BCUT2D eigenvalue weighted by Crippen LogP contribution is -2.44. The normalized spacial score (nSPS) is 15.5. The van der Waals surface area contributed by atoms with Crippen LogP contribution in [0, 0.1) is 15.9 Å². The number of nitro groups is 1. The second-order valence-electron chi connectivity index (χ2n) is 7.22. The predicted octanol–water partition coefficient (Wildman–Crippen LogP) is 3.49. The van der Waals surface area contributed by atoms with Crippen molar-refractivity contribution in [3.63, 3.8) is 0 Å². The minimum atomic E-state index is -0.413. The van der Waals surface area contributed by atoms with Gasteiger partial charge in [-0.3, -0.25) is 10.1 Å². The van der Waals surface area contributed by atoms with Gasteiger partial charge in [0.25, 0.3) is 0 Å². The summed E-state index contributed by atoms with van der Waals surface area (Å²) in [4.78, 5) is 15.8. The van der Waals surface area contributed by atoms with Crippen LogP contribution in [0.25, 0.3) is 0 Å². The highest BCUT2D eigenvalue weighted by molar-refractivity contribution is 5.48. The predicted molar refractivity (Wildman–Crippen MR) is 106 cm³/mol. The number of aryl methyl sites for hydroxylation is 1. The summed E-state index contributed by atoms with van der Waals surface area (Å²) in [5.74, 6) is -0.0900. The molecule has 1 aliphatic rings. The van der Waals surface area contributed by atoms with E-state index in [9.17, 15) is 14.5 Å². The Kier molecular flexibility index (Phi) is 6.95. The molecule has 0 bridgehead atoms. The Morgan fingerprint density at radius 3 is 2.43 bits per heavy atom. The second kappa shape index (κ2) is 9.61. The Labute approximate surface area is 164 Å². The summed E-state index contributed by atoms with van der Waals surface area (Å²) in [7, 11) is 2.14. The fraction of sp³-hybridized carbons (Fsp3) is 0.429. The third kappa shape index (κ3) is 5.74. The topological polar surface area (TPSA) is 58.8 Å². The van der Waals surface area contributed by atoms with E-state index in [4.69, 9.17) is 4.74 Å². The molecular weight excluding hydrogens is 361 g/mol. The van der Waals surface area contributed by atoms with Crippen LogP contribution < -0.4 is 4.74 Å². The molecule has 0 unspecified atom stereocenters. The number of halogens is 1. The number of likely N-dealkylation sites (N-methyl/N-ethyl adjacent to an activating group) is 1. The molecular formula is C21H26FN3O3. The highest BCUT2D eigenvalue weighted by Crippen LogP contribution is 2.29. The van der Waals surface area contributed by atoms with E-state index in [1.54, 1.807) is 24.3 Å². The van der Waals surface area contributed by atoms with Crippen molar-refractivity contribution < 1.29 is 14.1 Å². The molecule has 0 saturated carbocycles. The largest absolute Gasteiger partial charge is 0.482 e. The van der Waals surface area contributed by atoms with Crippen LogP contribution in [0.1, 0.15) is 17.5 Å². The molecule has 1 saturated heterocycles. The van der Waals surface area contributed by atoms with Crippen LogP contribution >= 0.6 is 0 Å². The van der Waals surface area contributed by atoms with Crippen molar-refractivity contribution in [2.24, 2.45) is 0 Å². The quantitative estimate of drug-likeness (QED) is 0.513. The monoisotopic (exact) mass is 387 g/mol. The van der Waals surface area contributed by atoms with E-state index in [1.807, 2.05) is 6.07 Å². The van der Waals surface area contributed by atoms with Crippen LogP contribution in [0.5, 0.6) is 5.75 Å². The van der Waals surface area contributed by atoms with Crippen LogP contribution in [-0.4, -0.2) is 54.5 Å². The van der Waals surface area contributed by atoms with Gasteiger partial charge in [-0.2, -0.15) is 0 Å². The zero-order chi connectivity index (χ0) is 19.9. The molecule has 2 aromatic carbocycles. The molecule has 28 heavy (non-hydrogen) atoms. The van der Waals surface area contributed by atoms with Crippen molar-refractivity contribution >= 4 is 5.69 Å². The molecule has 3 rings (SSSR count). The Morgan fingerprint density at radius 2 is 1.75 bits per heavy atom. The zero-order valence-corrected chi connectivity index (χ0v) is 16.1. The number of hydrogen-bond acceptors (Lipinski definition) is 5. The first kappa shape index (κ1) is 20.2. The van der Waals surface area contributed by atoms with E-state index < -0.39 is 4.92 Å². The maximum Gasteiger partial charge on any atom is 0.311 e. The van der Waals surface area contributed by atoms with Gasteiger partial charge in [-0.05, 0) is 55.8 Å². The standard InChI is InChI=1S/C21H26FN3O3/c1-23-11-13-24(14-12-23)10-2-3-17-6-9-21(20(15-17)25(26)27)28-16-18-4-7-19(22)8-5-18/h4-9,15H,2-3,10-14,16H2,1H3. The number of rotatable bonds is 8. The molecule has 7 heteroatoms. The minimum Gasteiger partial charge on any atom is -0.482 e. The first-order valence-corrected chi connectivity index (χ1v) is 9.57. The Morgan fingerprint density at radius 1 is 1.07 bits per heavy atom.